The molecule has 0 aromatic carbocycles. The van der Waals surface area contributed by atoms with Gasteiger partial charge in [-0.3, -0.25) is 9.89 Å². The number of anilines is 1. The standard InChI is InChI=1S/C11H18N4O/c1-3-7-8(12)9(15-14-7)10(16)13-11(2)5-4-6-11/h3-6,12H2,1-2H3,(H,13,16)(H,14,15). The summed E-state index contributed by atoms with van der Waals surface area (Å²) in [4.78, 5) is 11.9. The Morgan fingerprint density at radius 2 is 2.31 bits per heavy atom. The molecule has 0 spiro atoms. The van der Waals surface area contributed by atoms with Gasteiger partial charge in [0.1, 0.15) is 0 Å². The van der Waals surface area contributed by atoms with Crippen molar-refractivity contribution in [2.24, 2.45) is 0 Å². The quantitative estimate of drug-likeness (QED) is 0.719. The van der Waals surface area contributed by atoms with Gasteiger partial charge in [0.15, 0.2) is 5.69 Å². The maximum atomic E-state index is 11.9. The Bertz CT molecular complexity index is 406. The average Bonchev–Trinajstić information content (AvgIpc) is 2.57. The van der Waals surface area contributed by atoms with Crippen molar-refractivity contribution in [2.45, 2.75) is 45.1 Å². The van der Waals surface area contributed by atoms with Crippen LogP contribution < -0.4 is 11.1 Å². The van der Waals surface area contributed by atoms with Crippen LogP contribution in [-0.4, -0.2) is 21.6 Å². The summed E-state index contributed by atoms with van der Waals surface area (Å²) in [6.07, 6.45) is 3.99. The number of nitrogens with two attached hydrogens (primary N) is 1. The third-order valence-electron chi connectivity index (χ3n) is 3.32. The first-order valence-corrected chi connectivity index (χ1v) is 5.71. The molecule has 1 aromatic heterocycles. The Morgan fingerprint density at radius 1 is 1.62 bits per heavy atom. The van der Waals surface area contributed by atoms with Gasteiger partial charge >= 0.3 is 0 Å². The summed E-state index contributed by atoms with van der Waals surface area (Å²) in [5.74, 6) is -0.171. The maximum Gasteiger partial charge on any atom is 0.274 e. The summed E-state index contributed by atoms with van der Waals surface area (Å²) < 4.78 is 0. The monoisotopic (exact) mass is 222 g/mol. The zero-order chi connectivity index (χ0) is 11.8. The molecule has 88 valence electrons. The van der Waals surface area contributed by atoms with Crippen molar-refractivity contribution in [3.63, 3.8) is 0 Å². The Kier molecular flexibility index (Phi) is 2.61. The minimum atomic E-state index is -0.171. The van der Waals surface area contributed by atoms with Crippen molar-refractivity contribution >= 4 is 11.6 Å². The van der Waals surface area contributed by atoms with Gasteiger partial charge in [0, 0.05) is 5.54 Å². The second kappa shape index (κ2) is 3.81. The number of carbonyl (C=O) groups is 1. The molecule has 5 heteroatoms. The van der Waals surface area contributed by atoms with E-state index in [1.54, 1.807) is 0 Å². The first-order chi connectivity index (χ1) is 7.56. The minimum absolute atomic E-state index is 0.0607. The van der Waals surface area contributed by atoms with Gasteiger partial charge in [-0.1, -0.05) is 6.92 Å². The van der Waals surface area contributed by atoms with Gasteiger partial charge < -0.3 is 11.1 Å². The average molecular weight is 222 g/mol. The van der Waals surface area contributed by atoms with E-state index in [1.165, 1.54) is 6.42 Å². The van der Waals surface area contributed by atoms with Crippen LogP contribution in [0.3, 0.4) is 0 Å². The fraction of sp³-hybridized carbons (Fsp3) is 0.636. The second-order valence-electron chi connectivity index (χ2n) is 4.69. The summed E-state index contributed by atoms with van der Waals surface area (Å²) in [5.41, 5.74) is 7.40. The fourth-order valence-electron chi connectivity index (χ4n) is 1.99. The number of aromatic nitrogens is 2. The van der Waals surface area contributed by atoms with Crippen molar-refractivity contribution < 1.29 is 4.79 Å². The molecule has 1 aliphatic rings. The molecule has 4 N–H and O–H groups in total. The van der Waals surface area contributed by atoms with Crippen LogP contribution >= 0.6 is 0 Å². The number of aromatic amines is 1. The second-order valence-corrected chi connectivity index (χ2v) is 4.69. The SMILES string of the molecule is CCc1[nH]nc(C(=O)NC2(C)CCC2)c1N. The molecule has 16 heavy (non-hydrogen) atoms. The third-order valence-corrected chi connectivity index (χ3v) is 3.32. The molecule has 1 fully saturated rings. The molecule has 0 aliphatic heterocycles. The van der Waals surface area contributed by atoms with Crippen molar-refractivity contribution in [1.82, 2.24) is 15.5 Å². The number of hydrogen-bond acceptors (Lipinski definition) is 3. The van der Waals surface area contributed by atoms with Crippen molar-refractivity contribution in [1.29, 1.82) is 0 Å². The Balaban J connectivity index is 2.11. The molecule has 2 rings (SSSR count). The maximum absolute atomic E-state index is 11.9. The third kappa shape index (κ3) is 1.77. The fourth-order valence-corrected chi connectivity index (χ4v) is 1.99. The minimum Gasteiger partial charge on any atom is -0.395 e. The molecule has 5 nitrogen and oxygen atoms in total. The summed E-state index contributed by atoms with van der Waals surface area (Å²) in [7, 11) is 0. The van der Waals surface area contributed by atoms with Gasteiger partial charge in [-0.05, 0) is 32.6 Å². The number of hydrogen-bond donors (Lipinski definition) is 3. The van der Waals surface area contributed by atoms with Gasteiger partial charge in [0.25, 0.3) is 5.91 Å². The molecule has 0 bridgehead atoms. The summed E-state index contributed by atoms with van der Waals surface area (Å²) >= 11 is 0. The van der Waals surface area contributed by atoms with Crippen LogP contribution in [0.1, 0.15) is 49.3 Å². The molecule has 1 aromatic rings. The van der Waals surface area contributed by atoms with Gasteiger partial charge in [-0.15, -0.1) is 0 Å². The highest BCUT2D eigenvalue weighted by molar-refractivity contribution is 5.98. The zero-order valence-electron chi connectivity index (χ0n) is 9.76. The smallest absolute Gasteiger partial charge is 0.274 e. The van der Waals surface area contributed by atoms with E-state index in [4.69, 9.17) is 5.73 Å². The van der Waals surface area contributed by atoms with Crippen LogP contribution in [-0.2, 0) is 6.42 Å². The molecule has 1 heterocycles. The molecule has 0 atom stereocenters. The van der Waals surface area contributed by atoms with Gasteiger partial charge in [0.2, 0.25) is 0 Å². The predicted octanol–water partition coefficient (Wildman–Crippen LogP) is 1.23. The first-order valence-electron chi connectivity index (χ1n) is 5.71. The molecule has 1 saturated carbocycles. The number of nitrogens with one attached hydrogen (secondary N) is 2. The van der Waals surface area contributed by atoms with E-state index < -0.39 is 0 Å². The lowest BCUT2D eigenvalue weighted by Crippen LogP contribution is -2.51. The number of carbonyl (C=O) groups excluding carboxylic acids is 1. The van der Waals surface area contributed by atoms with Crippen LogP contribution in [0.5, 0.6) is 0 Å². The van der Waals surface area contributed by atoms with E-state index in [-0.39, 0.29) is 11.4 Å². The topological polar surface area (TPSA) is 83.8 Å². The Labute approximate surface area is 94.8 Å². The first kappa shape index (κ1) is 11.0. The zero-order valence-corrected chi connectivity index (χ0v) is 9.76. The predicted molar refractivity (Wildman–Crippen MR) is 62.1 cm³/mol. The summed E-state index contributed by atoms with van der Waals surface area (Å²) in [6, 6.07) is 0. The molecule has 1 amide bonds. The number of nitrogens with zero attached hydrogens (tertiary/aromatic N) is 1. The van der Waals surface area contributed by atoms with Gasteiger partial charge in [0.05, 0.1) is 11.4 Å². The lowest BCUT2D eigenvalue weighted by atomic mass is 9.78. The highest BCUT2D eigenvalue weighted by Gasteiger charge is 2.34. The van der Waals surface area contributed by atoms with Crippen molar-refractivity contribution in [2.75, 3.05) is 5.73 Å². The summed E-state index contributed by atoms with van der Waals surface area (Å²) in [6.45, 7) is 4.02. The van der Waals surface area contributed by atoms with Crippen LogP contribution in [0, 0.1) is 0 Å². The van der Waals surface area contributed by atoms with Gasteiger partial charge in [-0.25, -0.2) is 0 Å². The van der Waals surface area contributed by atoms with Crippen LogP contribution in [0.4, 0.5) is 5.69 Å². The molecule has 0 radical (unpaired) electrons. The Morgan fingerprint density at radius 3 is 2.75 bits per heavy atom. The number of H-pyrrole nitrogens is 1. The van der Waals surface area contributed by atoms with E-state index in [0.29, 0.717) is 11.4 Å². The van der Waals surface area contributed by atoms with Crippen molar-refractivity contribution in [3.8, 4) is 0 Å². The van der Waals surface area contributed by atoms with Crippen LogP contribution in [0.2, 0.25) is 0 Å². The highest BCUT2D eigenvalue weighted by Crippen LogP contribution is 2.31. The van der Waals surface area contributed by atoms with Crippen LogP contribution in [0.25, 0.3) is 0 Å². The van der Waals surface area contributed by atoms with Crippen LogP contribution in [0.15, 0.2) is 0 Å². The number of aryl methyl sites for hydroxylation is 1. The molecule has 0 unspecified atom stereocenters. The van der Waals surface area contributed by atoms with Crippen molar-refractivity contribution in [3.05, 3.63) is 11.4 Å². The summed E-state index contributed by atoms with van der Waals surface area (Å²) in [5, 5.41) is 9.74. The van der Waals surface area contributed by atoms with E-state index >= 15 is 0 Å². The van der Waals surface area contributed by atoms with Gasteiger partial charge in [-0.2, -0.15) is 5.10 Å². The highest BCUT2D eigenvalue weighted by atomic mass is 16.2. The Hall–Kier alpha value is -1.52. The lowest BCUT2D eigenvalue weighted by Gasteiger charge is -2.38. The lowest BCUT2D eigenvalue weighted by molar-refractivity contribution is 0.0846. The van der Waals surface area contributed by atoms with E-state index in [0.717, 1.165) is 25.0 Å². The number of nitrogen functional groups attached to an aromatic ring is 1. The van der Waals surface area contributed by atoms with E-state index in [2.05, 4.69) is 22.4 Å². The number of amides is 1. The largest absolute Gasteiger partial charge is 0.395 e. The normalized spacial score (nSPS) is 17.9. The molecular formula is C11H18N4O. The van der Waals surface area contributed by atoms with E-state index in [9.17, 15) is 4.79 Å². The molecule has 1 aliphatic carbocycles. The molecular weight excluding hydrogens is 204 g/mol. The van der Waals surface area contributed by atoms with E-state index in [1.807, 2.05) is 6.92 Å². The molecule has 0 saturated heterocycles. The number of rotatable bonds is 3.